The molecule has 1 aromatic rings. The van der Waals surface area contributed by atoms with Crippen molar-refractivity contribution in [2.75, 3.05) is 13.7 Å². The van der Waals surface area contributed by atoms with Crippen molar-refractivity contribution in [1.82, 2.24) is 4.90 Å². The zero-order valence-corrected chi connectivity index (χ0v) is 12.4. The minimum Gasteiger partial charge on any atom is -0.466 e. The van der Waals surface area contributed by atoms with Gasteiger partial charge in [0, 0.05) is 17.2 Å². The first-order valence-electron chi connectivity index (χ1n) is 6.52. The van der Waals surface area contributed by atoms with E-state index in [4.69, 9.17) is 4.74 Å². The molecule has 3 rings (SSSR count). The number of ether oxygens (including phenoxy) is 1. The molecule has 1 aromatic carbocycles. The van der Waals surface area contributed by atoms with Crippen LogP contribution < -0.4 is 0 Å². The molecule has 100 valence electrons. The number of carbonyl (C=O) groups is 1. The number of hydrogen-bond donors (Lipinski definition) is 0. The van der Waals surface area contributed by atoms with Gasteiger partial charge in [-0.1, -0.05) is 22.0 Å². The van der Waals surface area contributed by atoms with Gasteiger partial charge in [-0.05, 0) is 42.5 Å². The van der Waals surface area contributed by atoms with Crippen LogP contribution in [0, 0.1) is 0 Å². The lowest BCUT2D eigenvalue weighted by molar-refractivity contribution is -0.136. The Morgan fingerprint density at radius 2 is 2.26 bits per heavy atom. The highest BCUT2D eigenvalue weighted by Crippen LogP contribution is 2.39. The third-order valence-corrected chi connectivity index (χ3v) is 4.45. The minimum atomic E-state index is -0.198. The van der Waals surface area contributed by atoms with Crippen LogP contribution >= 0.6 is 15.9 Å². The fourth-order valence-electron chi connectivity index (χ4n) is 3.02. The van der Waals surface area contributed by atoms with Gasteiger partial charge in [0.2, 0.25) is 0 Å². The molecule has 0 saturated heterocycles. The van der Waals surface area contributed by atoms with Crippen molar-refractivity contribution < 1.29 is 9.53 Å². The highest BCUT2D eigenvalue weighted by Gasteiger charge is 2.30. The molecule has 0 radical (unpaired) electrons. The summed E-state index contributed by atoms with van der Waals surface area (Å²) in [7, 11) is 1.44. The lowest BCUT2D eigenvalue weighted by atomic mass is 10.1. The fraction of sp³-hybridized carbons (Fsp3) is 0.400. The monoisotopic (exact) mass is 321 g/mol. The van der Waals surface area contributed by atoms with Crippen molar-refractivity contribution in [2.45, 2.75) is 25.3 Å². The molecule has 1 unspecified atom stereocenters. The zero-order chi connectivity index (χ0) is 13.4. The SMILES string of the molecule is COC(=O)C1=CN(C2CCc3cc(Br)ccc32)CC1. The summed E-state index contributed by atoms with van der Waals surface area (Å²) in [6.07, 6.45) is 5.00. The van der Waals surface area contributed by atoms with E-state index in [2.05, 4.69) is 39.0 Å². The Morgan fingerprint density at radius 1 is 1.42 bits per heavy atom. The van der Waals surface area contributed by atoms with E-state index in [1.807, 2.05) is 6.20 Å². The number of halogens is 1. The molecule has 3 nitrogen and oxygen atoms in total. The number of nitrogens with zero attached hydrogens (tertiary/aromatic N) is 1. The third kappa shape index (κ3) is 2.29. The molecule has 0 N–H and O–H groups in total. The van der Waals surface area contributed by atoms with Crippen LogP contribution in [-0.4, -0.2) is 24.5 Å². The van der Waals surface area contributed by atoms with Crippen molar-refractivity contribution in [3.8, 4) is 0 Å². The summed E-state index contributed by atoms with van der Waals surface area (Å²) in [5, 5.41) is 0. The Labute approximate surface area is 121 Å². The van der Waals surface area contributed by atoms with Gasteiger partial charge in [-0.15, -0.1) is 0 Å². The van der Waals surface area contributed by atoms with E-state index in [0.29, 0.717) is 6.04 Å². The van der Waals surface area contributed by atoms with Gasteiger partial charge in [-0.3, -0.25) is 0 Å². The Balaban J connectivity index is 1.83. The van der Waals surface area contributed by atoms with Gasteiger partial charge in [0.25, 0.3) is 0 Å². The van der Waals surface area contributed by atoms with E-state index in [9.17, 15) is 4.79 Å². The van der Waals surface area contributed by atoms with Crippen LogP contribution in [0.15, 0.2) is 34.4 Å². The number of esters is 1. The maximum atomic E-state index is 11.5. The van der Waals surface area contributed by atoms with E-state index in [1.165, 1.54) is 18.2 Å². The molecule has 2 aliphatic rings. The zero-order valence-electron chi connectivity index (χ0n) is 10.9. The second kappa shape index (κ2) is 5.00. The molecule has 0 bridgehead atoms. The number of methoxy groups -OCH3 is 1. The average molecular weight is 322 g/mol. The molecule has 0 amide bonds. The summed E-state index contributed by atoms with van der Waals surface area (Å²) in [4.78, 5) is 13.8. The molecule has 0 saturated carbocycles. The molecule has 1 aliphatic heterocycles. The van der Waals surface area contributed by atoms with Crippen molar-refractivity contribution in [3.63, 3.8) is 0 Å². The van der Waals surface area contributed by atoms with Gasteiger partial charge in [0.05, 0.1) is 18.7 Å². The molecule has 0 spiro atoms. The number of hydrogen-bond acceptors (Lipinski definition) is 3. The maximum Gasteiger partial charge on any atom is 0.335 e. The summed E-state index contributed by atoms with van der Waals surface area (Å²) in [6.45, 7) is 0.907. The minimum absolute atomic E-state index is 0.198. The Hall–Kier alpha value is -1.29. The molecule has 1 atom stereocenters. The predicted octanol–water partition coefficient (Wildman–Crippen LogP) is 3.20. The standard InChI is InChI=1S/C15H16BrNO2/c1-19-15(18)11-6-7-17(9-11)14-5-2-10-8-12(16)3-4-13(10)14/h3-4,8-9,14H,2,5-7H2,1H3. The van der Waals surface area contributed by atoms with Crippen LogP contribution in [0.2, 0.25) is 0 Å². The Bertz CT molecular complexity index is 553. The van der Waals surface area contributed by atoms with Crippen molar-refractivity contribution >= 4 is 21.9 Å². The van der Waals surface area contributed by atoms with Crippen LogP contribution in [0.4, 0.5) is 0 Å². The Morgan fingerprint density at radius 3 is 3.05 bits per heavy atom. The first-order valence-corrected chi connectivity index (χ1v) is 7.31. The number of benzene rings is 1. The van der Waals surface area contributed by atoms with Crippen molar-refractivity contribution in [3.05, 3.63) is 45.6 Å². The van der Waals surface area contributed by atoms with Crippen LogP contribution in [0.1, 0.15) is 30.0 Å². The van der Waals surface area contributed by atoms with Crippen molar-refractivity contribution in [2.24, 2.45) is 0 Å². The van der Waals surface area contributed by atoms with Gasteiger partial charge < -0.3 is 9.64 Å². The van der Waals surface area contributed by atoms with E-state index in [1.54, 1.807) is 0 Å². The van der Waals surface area contributed by atoms with Gasteiger partial charge in [0.1, 0.15) is 0 Å². The number of rotatable bonds is 2. The maximum absolute atomic E-state index is 11.5. The van der Waals surface area contributed by atoms with E-state index in [-0.39, 0.29) is 5.97 Å². The summed E-state index contributed by atoms with van der Waals surface area (Å²) in [5.74, 6) is -0.198. The summed E-state index contributed by atoms with van der Waals surface area (Å²) >= 11 is 3.52. The van der Waals surface area contributed by atoms with Crippen LogP contribution in [0.25, 0.3) is 0 Å². The molecule has 1 aliphatic carbocycles. The summed E-state index contributed by atoms with van der Waals surface area (Å²) in [6, 6.07) is 6.90. The van der Waals surface area contributed by atoms with Gasteiger partial charge in [-0.2, -0.15) is 0 Å². The fourth-order valence-corrected chi connectivity index (χ4v) is 3.43. The molecular weight excluding hydrogens is 306 g/mol. The smallest absolute Gasteiger partial charge is 0.335 e. The number of fused-ring (bicyclic) bond motifs is 1. The van der Waals surface area contributed by atoms with E-state index in [0.717, 1.165) is 35.9 Å². The summed E-state index contributed by atoms with van der Waals surface area (Å²) < 4.78 is 5.93. The normalized spacial score (nSPS) is 21.3. The second-order valence-electron chi connectivity index (χ2n) is 5.03. The van der Waals surface area contributed by atoms with Gasteiger partial charge in [0.15, 0.2) is 0 Å². The van der Waals surface area contributed by atoms with Crippen molar-refractivity contribution in [1.29, 1.82) is 0 Å². The molecule has 1 heterocycles. The second-order valence-corrected chi connectivity index (χ2v) is 5.95. The van der Waals surface area contributed by atoms with Crippen LogP contribution in [-0.2, 0) is 16.0 Å². The molecule has 0 aromatic heterocycles. The molecular formula is C15H16BrNO2. The van der Waals surface area contributed by atoms with E-state index < -0.39 is 0 Å². The van der Waals surface area contributed by atoms with Crippen LogP contribution in [0.5, 0.6) is 0 Å². The first-order chi connectivity index (χ1) is 9.19. The quantitative estimate of drug-likeness (QED) is 0.783. The van der Waals surface area contributed by atoms with Gasteiger partial charge >= 0.3 is 5.97 Å². The highest BCUT2D eigenvalue weighted by atomic mass is 79.9. The lowest BCUT2D eigenvalue weighted by Gasteiger charge is -2.24. The molecule has 0 fully saturated rings. The Kier molecular flexibility index (Phi) is 3.35. The van der Waals surface area contributed by atoms with Gasteiger partial charge in [-0.25, -0.2) is 4.79 Å². The predicted molar refractivity (Wildman–Crippen MR) is 76.6 cm³/mol. The van der Waals surface area contributed by atoms with Crippen LogP contribution in [0.3, 0.4) is 0 Å². The topological polar surface area (TPSA) is 29.5 Å². The summed E-state index contributed by atoms with van der Waals surface area (Å²) in [5.41, 5.74) is 3.60. The lowest BCUT2D eigenvalue weighted by Crippen LogP contribution is -2.19. The number of carbonyl (C=O) groups excluding carboxylic acids is 1. The first kappa shape index (κ1) is 12.7. The molecule has 19 heavy (non-hydrogen) atoms. The number of aryl methyl sites for hydroxylation is 1. The highest BCUT2D eigenvalue weighted by molar-refractivity contribution is 9.10. The average Bonchev–Trinajstić information content (AvgIpc) is 3.03. The molecule has 4 heteroatoms. The van der Waals surface area contributed by atoms with E-state index >= 15 is 0 Å². The third-order valence-electron chi connectivity index (χ3n) is 3.96. The largest absolute Gasteiger partial charge is 0.466 e.